The van der Waals surface area contributed by atoms with Crippen molar-refractivity contribution in [1.82, 2.24) is 10.2 Å². The van der Waals surface area contributed by atoms with E-state index in [1.54, 1.807) is 48.2 Å². The van der Waals surface area contributed by atoms with Gasteiger partial charge in [-0.3, -0.25) is 14.3 Å². The number of rotatable bonds is 8. The average Bonchev–Trinajstić information content (AvgIpc) is 3.23. The molecule has 0 radical (unpaired) electrons. The van der Waals surface area contributed by atoms with Crippen LogP contribution in [0, 0.1) is 19.8 Å². The van der Waals surface area contributed by atoms with Gasteiger partial charge in [0, 0.05) is 24.3 Å². The van der Waals surface area contributed by atoms with Gasteiger partial charge in [0.25, 0.3) is 15.9 Å². The summed E-state index contributed by atoms with van der Waals surface area (Å²) in [4.78, 5) is 27.5. The molecule has 1 aliphatic heterocycles. The molecule has 2 N–H and O–H groups in total. The number of carbonyl (C=O) groups excluding carboxylic acids is 2. The molecule has 2 aromatic rings. The van der Waals surface area contributed by atoms with E-state index >= 15 is 0 Å². The second-order valence-electron chi connectivity index (χ2n) is 9.08. The van der Waals surface area contributed by atoms with Gasteiger partial charge in [-0.2, -0.15) is 0 Å². The van der Waals surface area contributed by atoms with Crippen LogP contribution in [0.25, 0.3) is 0 Å². The Labute approximate surface area is 196 Å². The van der Waals surface area contributed by atoms with Crippen LogP contribution in [0.5, 0.6) is 0 Å². The van der Waals surface area contributed by atoms with Crippen molar-refractivity contribution in [2.24, 2.45) is 5.92 Å². The first-order valence-corrected chi connectivity index (χ1v) is 12.9. The Morgan fingerprint density at radius 2 is 1.79 bits per heavy atom. The zero-order chi connectivity index (χ0) is 24.2. The molecule has 0 saturated carbocycles. The second kappa shape index (κ2) is 10.4. The molecule has 1 aliphatic rings. The number of nitrogens with one attached hydrogen (secondary N) is 2. The molecule has 1 atom stereocenters. The normalized spacial score (nSPS) is 16.2. The fourth-order valence-corrected chi connectivity index (χ4v) is 5.33. The smallest absolute Gasteiger partial charge is 0.262 e. The van der Waals surface area contributed by atoms with Crippen LogP contribution >= 0.6 is 0 Å². The van der Waals surface area contributed by atoms with Crippen LogP contribution in [0.15, 0.2) is 47.4 Å². The first kappa shape index (κ1) is 24.8. The maximum Gasteiger partial charge on any atom is 0.262 e. The summed E-state index contributed by atoms with van der Waals surface area (Å²) in [7, 11) is -3.74. The van der Waals surface area contributed by atoms with Crippen molar-refractivity contribution in [3.05, 3.63) is 59.2 Å². The van der Waals surface area contributed by atoms with Crippen LogP contribution in [0.3, 0.4) is 0 Å². The SMILES string of the molecule is Cc1ccc(S(=O)(=O)Nc2ccc(C(=O)N3CCCC3C(=O)NCCC(C)C)cc2)c(C)c1. The summed E-state index contributed by atoms with van der Waals surface area (Å²) in [6.45, 7) is 9.00. The largest absolute Gasteiger partial charge is 0.354 e. The summed E-state index contributed by atoms with van der Waals surface area (Å²) in [6, 6.07) is 11.0. The minimum atomic E-state index is -3.74. The van der Waals surface area contributed by atoms with Gasteiger partial charge in [0.1, 0.15) is 6.04 Å². The van der Waals surface area contributed by atoms with Crippen molar-refractivity contribution in [3.63, 3.8) is 0 Å². The van der Waals surface area contributed by atoms with E-state index in [1.165, 1.54) is 0 Å². The number of benzene rings is 2. The Balaban J connectivity index is 1.67. The monoisotopic (exact) mass is 471 g/mol. The molecular formula is C25H33N3O4S. The molecular weight excluding hydrogens is 438 g/mol. The van der Waals surface area contributed by atoms with E-state index in [1.807, 2.05) is 13.0 Å². The molecule has 1 heterocycles. The van der Waals surface area contributed by atoms with Gasteiger partial charge in [-0.1, -0.05) is 31.5 Å². The molecule has 33 heavy (non-hydrogen) atoms. The van der Waals surface area contributed by atoms with Crippen LogP contribution in [-0.4, -0.2) is 44.3 Å². The molecule has 2 amide bonds. The number of hydrogen-bond donors (Lipinski definition) is 2. The molecule has 3 rings (SSSR count). The van der Waals surface area contributed by atoms with Crippen molar-refractivity contribution in [2.75, 3.05) is 17.8 Å². The third-order valence-corrected chi connectivity index (χ3v) is 7.38. The minimum Gasteiger partial charge on any atom is -0.354 e. The number of nitrogens with zero attached hydrogens (tertiary/aromatic N) is 1. The number of aryl methyl sites for hydroxylation is 2. The highest BCUT2D eigenvalue weighted by atomic mass is 32.2. The van der Waals surface area contributed by atoms with E-state index in [2.05, 4.69) is 23.9 Å². The third kappa shape index (κ3) is 6.13. The van der Waals surface area contributed by atoms with E-state index < -0.39 is 16.1 Å². The van der Waals surface area contributed by atoms with E-state index in [4.69, 9.17) is 0 Å². The minimum absolute atomic E-state index is 0.112. The van der Waals surface area contributed by atoms with Crippen LogP contribution in [0.2, 0.25) is 0 Å². The molecule has 0 aliphatic carbocycles. The molecule has 0 spiro atoms. The van der Waals surface area contributed by atoms with Crippen molar-refractivity contribution in [3.8, 4) is 0 Å². The Hall–Kier alpha value is -2.87. The van der Waals surface area contributed by atoms with Crippen LogP contribution in [0.1, 0.15) is 54.6 Å². The molecule has 178 valence electrons. The van der Waals surface area contributed by atoms with Gasteiger partial charge >= 0.3 is 0 Å². The Kier molecular flexibility index (Phi) is 7.79. The summed E-state index contributed by atoms with van der Waals surface area (Å²) >= 11 is 0. The van der Waals surface area contributed by atoms with Crippen molar-refractivity contribution in [2.45, 2.75) is 57.9 Å². The van der Waals surface area contributed by atoms with E-state index in [0.717, 1.165) is 18.4 Å². The summed E-state index contributed by atoms with van der Waals surface area (Å²) in [5.41, 5.74) is 2.45. The summed E-state index contributed by atoms with van der Waals surface area (Å²) in [5.74, 6) is 0.164. The fraction of sp³-hybridized carbons (Fsp3) is 0.440. The lowest BCUT2D eigenvalue weighted by Gasteiger charge is -2.24. The Morgan fingerprint density at radius 1 is 1.09 bits per heavy atom. The molecule has 8 heteroatoms. The van der Waals surface area contributed by atoms with Crippen LogP contribution < -0.4 is 10.0 Å². The lowest BCUT2D eigenvalue weighted by atomic mass is 10.1. The van der Waals surface area contributed by atoms with Gasteiger partial charge in [-0.05, 0) is 74.9 Å². The quantitative estimate of drug-likeness (QED) is 0.611. The molecule has 2 aromatic carbocycles. The summed E-state index contributed by atoms with van der Waals surface area (Å²) in [6.07, 6.45) is 2.32. The van der Waals surface area contributed by atoms with E-state index in [-0.39, 0.29) is 16.7 Å². The number of likely N-dealkylation sites (tertiary alicyclic amines) is 1. The Bertz CT molecular complexity index is 1110. The molecule has 1 saturated heterocycles. The lowest BCUT2D eigenvalue weighted by Crippen LogP contribution is -2.46. The van der Waals surface area contributed by atoms with Gasteiger partial charge in [0.05, 0.1) is 4.90 Å². The molecule has 1 unspecified atom stereocenters. The van der Waals surface area contributed by atoms with Crippen molar-refractivity contribution in [1.29, 1.82) is 0 Å². The maximum absolute atomic E-state index is 13.0. The number of carbonyl (C=O) groups is 2. The highest BCUT2D eigenvalue weighted by Crippen LogP contribution is 2.23. The van der Waals surface area contributed by atoms with Crippen molar-refractivity contribution < 1.29 is 18.0 Å². The zero-order valence-electron chi connectivity index (χ0n) is 19.7. The zero-order valence-corrected chi connectivity index (χ0v) is 20.5. The predicted molar refractivity (Wildman–Crippen MR) is 130 cm³/mol. The average molecular weight is 472 g/mol. The first-order chi connectivity index (χ1) is 15.6. The van der Waals surface area contributed by atoms with Gasteiger partial charge in [-0.25, -0.2) is 8.42 Å². The first-order valence-electron chi connectivity index (χ1n) is 11.4. The molecule has 0 bridgehead atoms. The fourth-order valence-electron chi connectivity index (χ4n) is 4.04. The second-order valence-corrected chi connectivity index (χ2v) is 10.7. The topological polar surface area (TPSA) is 95.6 Å². The van der Waals surface area contributed by atoms with Gasteiger partial charge in [-0.15, -0.1) is 0 Å². The summed E-state index contributed by atoms with van der Waals surface area (Å²) < 4.78 is 28.1. The maximum atomic E-state index is 13.0. The molecule has 0 aromatic heterocycles. The van der Waals surface area contributed by atoms with E-state index in [0.29, 0.717) is 42.2 Å². The lowest BCUT2D eigenvalue weighted by molar-refractivity contribution is -0.124. The van der Waals surface area contributed by atoms with Gasteiger partial charge < -0.3 is 10.2 Å². The standard InChI is InChI=1S/C25H33N3O4S/c1-17(2)13-14-26-24(29)22-6-5-15-28(22)25(30)20-8-10-21(11-9-20)27-33(31,32)23-12-7-18(3)16-19(23)4/h7-12,16-17,22,27H,5-6,13-15H2,1-4H3,(H,26,29). The van der Waals surface area contributed by atoms with Gasteiger partial charge in [0.15, 0.2) is 0 Å². The van der Waals surface area contributed by atoms with Crippen molar-refractivity contribution >= 4 is 27.5 Å². The molecule has 1 fully saturated rings. The van der Waals surface area contributed by atoms with E-state index in [9.17, 15) is 18.0 Å². The summed E-state index contributed by atoms with van der Waals surface area (Å²) in [5, 5.41) is 2.94. The predicted octanol–water partition coefficient (Wildman–Crippen LogP) is 3.87. The number of hydrogen-bond acceptors (Lipinski definition) is 4. The van der Waals surface area contributed by atoms with Crippen LogP contribution in [0.4, 0.5) is 5.69 Å². The number of anilines is 1. The van der Waals surface area contributed by atoms with Gasteiger partial charge in [0.2, 0.25) is 5.91 Å². The Morgan fingerprint density at radius 3 is 2.42 bits per heavy atom. The number of amides is 2. The highest BCUT2D eigenvalue weighted by Gasteiger charge is 2.34. The highest BCUT2D eigenvalue weighted by molar-refractivity contribution is 7.92. The number of sulfonamides is 1. The third-order valence-electron chi connectivity index (χ3n) is 5.84. The van der Waals surface area contributed by atoms with Crippen LogP contribution in [-0.2, 0) is 14.8 Å². The molecule has 7 nitrogen and oxygen atoms in total.